The van der Waals surface area contributed by atoms with Crippen molar-refractivity contribution in [3.8, 4) is 0 Å². The fraction of sp³-hybridized carbons (Fsp3) is 0.692. The van der Waals surface area contributed by atoms with Crippen molar-refractivity contribution in [3.05, 3.63) is 12.2 Å². The van der Waals surface area contributed by atoms with Crippen LogP contribution in [0, 0.1) is 0 Å². The summed E-state index contributed by atoms with van der Waals surface area (Å²) >= 11 is 0. The standard InChI is InChI=1S/C13H23N3O3/c1-4-11(15-13(18)14-9-10(2)3)12(17)16-5-7-19-8-6-16/h11H,2,4-9H2,1,3H3,(H2,14,15,18)/t11-/m1/s1. The highest BCUT2D eigenvalue weighted by Crippen LogP contribution is 2.03. The molecule has 0 bridgehead atoms. The fourth-order valence-corrected chi connectivity index (χ4v) is 1.78. The van der Waals surface area contributed by atoms with Gasteiger partial charge in [0.25, 0.3) is 0 Å². The van der Waals surface area contributed by atoms with E-state index in [0.717, 1.165) is 5.57 Å². The Balaban J connectivity index is 2.44. The molecule has 1 atom stereocenters. The molecule has 1 rings (SSSR count). The number of ether oxygens (including phenoxy) is 1. The zero-order chi connectivity index (χ0) is 14.3. The third-order valence-corrected chi connectivity index (χ3v) is 2.89. The molecule has 0 aliphatic carbocycles. The lowest BCUT2D eigenvalue weighted by atomic mass is 10.2. The Morgan fingerprint density at radius 1 is 1.37 bits per heavy atom. The third-order valence-electron chi connectivity index (χ3n) is 2.89. The first-order valence-electron chi connectivity index (χ1n) is 6.60. The van der Waals surface area contributed by atoms with Gasteiger partial charge >= 0.3 is 6.03 Å². The van der Waals surface area contributed by atoms with Gasteiger partial charge in [0, 0.05) is 19.6 Å². The molecule has 0 radical (unpaired) electrons. The highest BCUT2D eigenvalue weighted by Gasteiger charge is 2.25. The maximum atomic E-state index is 12.2. The summed E-state index contributed by atoms with van der Waals surface area (Å²) in [6.07, 6.45) is 0.566. The summed E-state index contributed by atoms with van der Waals surface area (Å²) in [5, 5.41) is 5.36. The molecule has 1 aliphatic rings. The van der Waals surface area contributed by atoms with E-state index in [9.17, 15) is 9.59 Å². The van der Waals surface area contributed by atoms with Crippen molar-refractivity contribution >= 4 is 11.9 Å². The van der Waals surface area contributed by atoms with E-state index in [2.05, 4.69) is 17.2 Å². The third kappa shape index (κ3) is 5.30. The predicted molar refractivity (Wildman–Crippen MR) is 72.8 cm³/mol. The van der Waals surface area contributed by atoms with E-state index < -0.39 is 6.04 Å². The van der Waals surface area contributed by atoms with Crippen LogP contribution in [0.2, 0.25) is 0 Å². The molecule has 6 nitrogen and oxygen atoms in total. The molecule has 19 heavy (non-hydrogen) atoms. The van der Waals surface area contributed by atoms with Crippen LogP contribution >= 0.6 is 0 Å². The van der Waals surface area contributed by atoms with Crippen molar-refractivity contribution in [2.45, 2.75) is 26.3 Å². The zero-order valence-electron chi connectivity index (χ0n) is 11.7. The van der Waals surface area contributed by atoms with Crippen molar-refractivity contribution in [1.82, 2.24) is 15.5 Å². The molecule has 1 heterocycles. The molecule has 0 aromatic heterocycles. The van der Waals surface area contributed by atoms with Gasteiger partial charge < -0.3 is 20.3 Å². The average molecular weight is 269 g/mol. The molecule has 2 N–H and O–H groups in total. The van der Waals surface area contributed by atoms with Gasteiger partial charge in [0.05, 0.1) is 13.2 Å². The summed E-state index contributed by atoms with van der Waals surface area (Å²) in [6, 6.07) is -0.820. The number of urea groups is 1. The van der Waals surface area contributed by atoms with Crippen LogP contribution in [-0.4, -0.2) is 55.7 Å². The number of hydrogen-bond donors (Lipinski definition) is 2. The number of nitrogens with zero attached hydrogens (tertiary/aromatic N) is 1. The Bertz CT molecular complexity index is 338. The zero-order valence-corrected chi connectivity index (χ0v) is 11.7. The van der Waals surface area contributed by atoms with Crippen molar-refractivity contribution in [1.29, 1.82) is 0 Å². The molecule has 1 fully saturated rings. The molecule has 0 aromatic rings. The number of morpholine rings is 1. The van der Waals surface area contributed by atoms with Crippen molar-refractivity contribution < 1.29 is 14.3 Å². The van der Waals surface area contributed by atoms with Crippen LogP contribution in [0.5, 0.6) is 0 Å². The van der Waals surface area contributed by atoms with E-state index >= 15 is 0 Å². The average Bonchev–Trinajstić information content (AvgIpc) is 2.42. The molecule has 6 heteroatoms. The van der Waals surface area contributed by atoms with Gasteiger partial charge in [0.1, 0.15) is 6.04 Å². The van der Waals surface area contributed by atoms with Crippen LogP contribution in [0.4, 0.5) is 4.79 Å². The molecule has 108 valence electrons. The number of nitrogens with one attached hydrogen (secondary N) is 2. The van der Waals surface area contributed by atoms with Crippen LogP contribution < -0.4 is 10.6 Å². The van der Waals surface area contributed by atoms with E-state index in [1.54, 1.807) is 4.90 Å². The minimum Gasteiger partial charge on any atom is -0.378 e. The SMILES string of the molecule is C=C(C)CNC(=O)N[C@H](CC)C(=O)N1CCOCC1. The first-order chi connectivity index (χ1) is 9.04. The van der Waals surface area contributed by atoms with Crippen molar-refractivity contribution in [2.75, 3.05) is 32.8 Å². The first kappa shape index (κ1) is 15.5. The summed E-state index contributed by atoms with van der Waals surface area (Å²) in [4.78, 5) is 25.6. The molecule has 3 amide bonds. The molecule has 0 spiro atoms. The van der Waals surface area contributed by atoms with Gasteiger partial charge in [-0.1, -0.05) is 19.1 Å². The van der Waals surface area contributed by atoms with E-state index in [4.69, 9.17) is 4.74 Å². The normalized spacial score (nSPS) is 16.6. The smallest absolute Gasteiger partial charge is 0.315 e. The van der Waals surface area contributed by atoms with E-state index in [0.29, 0.717) is 39.3 Å². The van der Waals surface area contributed by atoms with Crippen LogP contribution in [-0.2, 0) is 9.53 Å². The Hall–Kier alpha value is -1.56. The Morgan fingerprint density at radius 2 is 2.00 bits per heavy atom. The van der Waals surface area contributed by atoms with Gasteiger partial charge in [-0.2, -0.15) is 0 Å². The molecule has 0 unspecified atom stereocenters. The lowest BCUT2D eigenvalue weighted by Crippen LogP contribution is -2.53. The van der Waals surface area contributed by atoms with Crippen molar-refractivity contribution in [2.24, 2.45) is 0 Å². The van der Waals surface area contributed by atoms with E-state index in [-0.39, 0.29) is 11.9 Å². The number of carbonyl (C=O) groups is 2. The Morgan fingerprint density at radius 3 is 2.53 bits per heavy atom. The molecule has 0 saturated carbocycles. The molecule has 1 aliphatic heterocycles. The first-order valence-corrected chi connectivity index (χ1v) is 6.60. The van der Waals surface area contributed by atoms with E-state index in [1.807, 2.05) is 13.8 Å². The van der Waals surface area contributed by atoms with Gasteiger partial charge in [-0.3, -0.25) is 4.79 Å². The van der Waals surface area contributed by atoms with Crippen LogP contribution in [0.15, 0.2) is 12.2 Å². The molecular formula is C13H23N3O3. The van der Waals surface area contributed by atoms with Crippen molar-refractivity contribution in [3.63, 3.8) is 0 Å². The lowest BCUT2D eigenvalue weighted by molar-refractivity contribution is -0.137. The second-order valence-electron chi connectivity index (χ2n) is 4.68. The quantitative estimate of drug-likeness (QED) is 0.714. The highest BCUT2D eigenvalue weighted by atomic mass is 16.5. The summed E-state index contributed by atoms with van der Waals surface area (Å²) in [7, 11) is 0. The highest BCUT2D eigenvalue weighted by molar-refractivity contribution is 5.87. The number of amides is 3. The maximum absolute atomic E-state index is 12.2. The van der Waals surface area contributed by atoms with Gasteiger partial charge in [-0.15, -0.1) is 0 Å². The topological polar surface area (TPSA) is 70.7 Å². The van der Waals surface area contributed by atoms with Crippen LogP contribution in [0.25, 0.3) is 0 Å². The molecule has 1 saturated heterocycles. The lowest BCUT2D eigenvalue weighted by Gasteiger charge is -2.30. The molecular weight excluding hydrogens is 246 g/mol. The van der Waals surface area contributed by atoms with Gasteiger partial charge in [-0.05, 0) is 13.3 Å². The Labute approximate surface area is 114 Å². The number of hydrogen-bond acceptors (Lipinski definition) is 3. The van der Waals surface area contributed by atoms with Gasteiger partial charge in [-0.25, -0.2) is 4.79 Å². The maximum Gasteiger partial charge on any atom is 0.315 e. The number of rotatable bonds is 5. The minimum absolute atomic E-state index is 0.0451. The summed E-state index contributed by atoms with van der Waals surface area (Å²) in [5.41, 5.74) is 0.864. The Kier molecular flexibility index (Phi) is 6.35. The van der Waals surface area contributed by atoms with Crippen LogP contribution in [0.3, 0.4) is 0 Å². The van der Waals surface area contributed by atoms with Gasteiger partial charge in [0.15, 0.2) is 0 Å². The fourth-order valence-electron chi connectivity index (χ4n) is 1.78. The minimum atomic E-state index is -0.483. The van der Waals surface area contributed by atoms with Gasteiger partial charge in [0.2, 0.25) is 5.91 Å². The second kappa shape index (κ2) is 7.78. The summed E-state index contributed by atoms with van der Waals surface area (Å²) < 4.78 is 5.21. The van der Waals surface area contributed by atoms with Crippen LogP contribution in [0.1, 0.15) is 20.3 Å². The predicted octanol–water partition coefficient (Wildman–Crippen LogP) is 0.499. The summed E-state index contributed by atoms with van der Waals surface area (Å²) in [6.45, 7) is 10.1. The largest absolute Gasteiger partial charge is 0.378 e. The molecule has 0 aromatic carbocycles. The number of carbonyl (C=O) groups excluding carboxylic acids is 2. The second-order valence-corrected chi connectivity index (χ2v) is 4.68. The van der Waals surface area contributed by atoms with E-state index in [1.165, 1.54) is 0 Å². The summed E-state index contributed by atoms with van der Waals surface area (Å²) in [5.74, 6) is -0.0451. The monoisotopic (exact) mass is 269 g/mol.